The number of hydrogen-bond donors (Lipinski definition) is 3. The molecule has 0 aliphatic carbocycles. The number of carbonyl (C=O) groups excluding carboxylic acids is 1. The topological polar surface area (TPSA) is 94.0 Å². The zero-order chi connectivity index (χ0) is 14.7. The summed E-state index contributed by atoms with van der Waals surface area (Å²) in [5, 5.41) is 4.23. The monoisotopic (exact) mass is 290 g/mol. The van der Waals surface area contributed by atoms with Gasteiger partial charge in [-0.1, -0.05) is 6.92 Å². The summed E-state index contributed by atoms with van der Waals surface area (Å²) in [5.74, 6) is -0.479. The Morgan fingerprint density at radius 1 is 1.50 bits per heavy atom. The van der Waals surface area contributed by atoms with Gasteiger partial charge in [0.1, 0.15) is 5.01 Å². The lowest BCUT2D eigenvalue weighted by molar-refractivity contribution is 0.100. The first-order valence-electron chi connectivity index (χ1n) is 6.41. The third kappa shape index (κ3) is 3.08. The molecule has 2 aromatic rings. The van der Waals surface area contributed by atoms with Crippen molar-refractivity contribution >= 4 is 28.6 Å². The zero-order valence-electron chi connectivity index (χ0n) is 11.5. The van der Waals surface area contributed by atoms with Gasteiger partial charge in [0.25, 0.3) is 5.91 Å². The summed E-state index contributed by atoms with van der Waals surface area (Å²) in [5.41, 5.74) is 12.8. The summed E-state index contributed by atoms with van der Waals surface area (Å²) in [4.78, 5) is 17.1. The lowest BCUT2D eigenvalue weighted by atomic mass is 10.1. The maximum absolute atomic E-state index is 11.4. The van der Waals surface area contributed by atoms with Crippen LogP contribution in [0.2, 0.25) is 0 Å². The highest BCUT2D eigenvalue weighted by molar-refractivity contribution is 7.11. The third-order valence-electron chi connectivity index (χ3n) is 2.97. The number of amides is 1. The number of thiazole rings is 1. The molecule has 5 N–H and O–H groups in total. The Hall–Kier alpha value is -2.08. The van der Waals surface area contributed by atoms with Crippen LogP contribution in [0, 0.1) is 0 Å². The molecule has 0 saturated heterocycles. The summed E-state index contributed by atoms with van der Waals surface area (Å²) in [6.07, 6.45) is 2.85. The number of anilines is 2. The normalized spacial score (nSPS) is 12.1. The maximum Gasteiger partial charge on any atom is 0.250 e. The fourth-order valence-corrected chi connectivity index (χ4v) is 2.74. The molecule has 1 heterocycles. The van der Waals surface area contributed by atoms with E-state index in [1.165, 1.54) is 4.88 Å². The molecule has 0 aliphatic rings. The summed E-state index contributed by atoms with van der Waals surface area (Å²) < 4.78 is 0. The third-order valence-corrected chi connectivity index (χ3v) is 4.30. The number of aromatic nitrogens is 1. The van der Waals surface area contributed by atoms with Crippen molar-refractivity contribution in [3.63, 3.8) is 0 Å². The van der Waals surface area contributed by atoms with Crippen molar-refractivity contribution in [3.8, 4) is 0 Å². The fraction of sp³-hybridized carbons (Fsp3) is 0.286. The van der Waals surface area contributed by atoms with E-state index in [-0.39, 0.29) is 6.04 Å². The van der Waals surface area contributed by atoms with Crippen LogP contribution in [0.25, 0.3) is 0 Å². The van der Waals surface area contributed by atoms with Gasteiger partial charge >= 0.3 is 0 Å². The van der Waals surface area contributed by atoms with Gasteiger partial charge in [-0.15, -0.1) is 11.3 Å². The van der Waals surface area contributed by atoms with Crippen LogP contribution in [-0.4, -0.2) is 10.9 Å². The Labute approximate surface area is 122 Å². The van der Waals surface area contributed by atoms with Crippen LogP contribution >= 0.6 is 11.3 Å². The van der Waals surface area contributed by atoms with Crippen molar-refractivity contribution in [1.82, 2.24) is 4.98 Å². The number of aryl methyl sites for hydroxylation is 1. The molecule has 1 aromatic heterocycles. The van der Waals surface area contributed by atoms with Gasteiger partial charge in [0.2, 0.25) is 0 Å². The number of benzene rings is 1. The number of rotatable bonds is 5. The highest BCUT2D eigenvalue weighted by Crippen LogP contribution is 2.27. The van der Waals surface area contributed by atoms with Crippen LogP contribution in [0.4, 0.5) is 11.4 Å². The minimum absolute atomic E-state index is 0.0137. The van der Waals surface area contributed by atoms with E-state index >= 15 is 0 Å². The van der Waals surface area contributed by atoms with Gasteiger partial charge in [0.15, 0.2) is 0 Å². The molecule has 0 spiro atoms. The Kier molecular flexibility index (Phi) is 4.24. The summed E-state index contributed by atoms with van der Waals surface area (Å²) in [7, 11) is 0. The number of nitrogen functional groups attached to an aromatic ring is 1. The molecule has 0 aliphatic heterocycles. The van der Waals surface area contributed by atoms with E-state index in [1.54, 1.807) is 29.5 Å². The first-order valence-corrected chi connectivity index (χ1v) is 7.23. The van der Waals surface area contributed by atoms with Gasteiger partial charge in [-0.05, 0) is 31.5 Å². The van der Waals surface area contributed by atoms with Crippen molar-refractivity contribution in [2.75, 3.05) is 11.1 Å². The molecule has 0 fully saturated rings. The first-order chi connectivity index (χ1) is 9.51. The Morgan fingerprint density at radius 2 is 2.25 bits per heavy atom. The lowest BCUT2D eigenvalue weighted by Gasteiger charge is -2.15. The Bertz CT molecular complexity index is 623. The van der Waals surface area contributed by atoms with Crippen LogP contribution in [0.1, 0.15) is 40.1 Å². The molecule has 0 saturated carbocycles. The number of hydrogen-bond acceptors (Lipinski definition) is 5. The summed E-state index contributed by atoms with van der Waals surface area (Å²) in [6, 6.07) is 4.99. The largest absolute Gasteiger partial charge is 0.399 e. The van der Waals surface area contributed by atoms with E-state index < -0.39 is 5.91 Å². The number of nitrogens with one attached hydrogen (secondary N) is 1. The van der Waals surface area contributed by atoms with Gasteiger partial charge in [0, 0.05) is 22.4 Å². The van der Waals surface area contributed by atoms with E-state index in [0.717, 1.165) is 11.4 Å². The van der Waals surface area contributed by atoms with Crippen molar-refractivity contribution < 1.29 is 4.79 Å². The molecular formula is C14H18N4OS. The van der Waals surface area contributed by atoms with Crippen LogP contribution in [0.3, 0.4) is 0 Å². The van der Waals surface area contributed by atoms with E-state index in [4.69, 9.17) is 11.5 Å². The van der Waals surface area contributed by atoms with E-state index in [2.05, 4.69) is 17.2 Å². The predicted octanol–water partition coefficient (Wildman–Crippen LogP) is 2.56. The quantitative estimate of drug-likeness (QED) is 0.738. The minimum atomic E-state index is -0.479. The van der Waals surface area contributed by atoms with Gasteiger partial charge < -0.3 is 16.8 Å². The van der Waals surface area contributed by atoms with E-state index in [1.807, 2.05) is 13.1 Å². The second-order valence-corrected chi connectivity index (χ2v) is 5.70. The fourth-order valence-electron chi connectivity index (χ4n) is 1.88. The molecular weight excluding hydrogens is 272 g/mol. The first kappa shape index (κ1) is 14.3. The highest BCUT2D eigenvalue weighted by atomic mass is 32.1. The SMILES string of the molecule is CCc1cnc(C(C)Nc2cc(N)ccc2C(N)=O)s1. The maximum atomic E-state index is 11.4. The summed E-state index contributed by atoms with van der Waals surface area (Å²) >= 11 is 1.66. The molecule has 2 rings (SSSR count). The number of nitrogens with zero attached hydrogens (tertiary/aromatic N) is 1. The Morgan fingerprint density at radius 3 is 2.85 bits per heavy atom. The average molecular weight is 290 g/mol. The van der Waals surface area contributed by atoms with Gasteiger partial charge in [-0.3, -0.25) is 4.79 Å². The molecule has 1 unspecified atom stereocenters. The molecule has 106 valence electrons. The van der Waals surface area contributed by atoms with E-state index in [9.17, 15) is 4.79 Å². The second-order valence-electron chi connectivity index (χ2n) is 4.55. The van der Waals surface area contributed by atoms with Crippen LogP contribution < -0.4 is 16.8 Å². The Balaban J connectivity index is 2.24. The minimum Gasteiger partial charge on any atom is -0.399 e. The zero-order valence-corrected chi connectivity index (χ0v) is 12.3. The van der Waals surface area contributed by atoms with E-state index in [0.29, 0.717) is 16.9 Å². The van der Waals surface area contributed by atoms with Crippen molar-refractivity contribution in [2.24, 2.45) is 5.73 Å². The number of nitrogens with two attached hydrogens (primary N) is 2. The van der Waals surface area contributed by atoms with Crippen molar-refractivity contribution in [3.05, 3.63) is 39.8 Å². The smallest absolute Gasteiger partial charge is 0.250 e. The molecule has 1 amide bonds. The predicted molar refractivity (Wildman–Crippen MR) is 82.9 cm³/mol. The number of carbonyl (C=O) groups is 1. The van der Waals surface area contributed by atoms with Gasteiger partial charge in [-0.25, -0.2) is 4.98 Å². The summed E-state index contributed by atoms with van der Waals surface area (Å²) in [6.45, 7) is 4.09. The average Bonchev–Trinajstić information content (AvgIpc) is 2.87. The molecule has 1 aromatic carbocycles. The molecule has 0 bridgehead atoms. The lowest BCUT2D eigenvalue weighted by Crippen LogP contribution is -2.16. The molecule has 20 heavy (non-hydrogen) atoms. The van der Waals surface area contributed by atoms with Crippen molar-refractivity contribution in [2.45, 2.75) is 26.3 Å². The molecule has 0 radical (unpaired) electrons. The van der Waals surface area contributed by atoms with Crippen LogP contribution in [-0.2, 0) is 6.42 Å². The van der Waals surface area contributed by atoms with Crippen LogP contribution in [0.5, 0.6) is 0 Å². The molecule has 6 heteroatoms. The van der Waals surface area contributed by atoms with Gasteiger partial charge in [0.05, 0.1) is 11.6 Å². The standard InChI is InChI=1S/C14H18N4OS/c1-3-10-7-17-14(20-10)8(2)18-12-6-9(15)4-5-11(12)13(16)19/h4-8,18H,3,15H2,1-2H3,(H2,16,19). The molecule has 1 atom stereocenters. The molecule has 5 nitrogen and oxygen atoms in total. The number of primary amides is 1. The second kappa shape index (κ2) is 5.92. The van der Waals surface area contributed by atoms with Gasteiger partial charge in [-0.2, -0.15) is 0 Å². The highest BCUT2D eigenvalue weighted by Gasteiger charge is 2.14. The van der Waals surface area contributed by atoms with Crippen LogP contribution in [0.15, 0.2) is 24.4 Å². The van der Waals surface area contributed by atoms with Crippen molar-refractivity contribution in [1.29, 1.82) is 0 Å².